The van der Waals surface area contributed by atoms with Gasteiger partial charge in [-0.1, -0.05) is 25.3 Å². The van der Waals surface area contributed by atoms with E-state index < -0.39 is 21.8 Å². The van der Waals surface area contributed by atoms with E-state index >= 15 is 0 Å². The molecule has 1 fully saturated rings. The third-order valence-corrected chi connectivity index (χ3v) is 6.69. The molecule has 25 heavy (non-hydrogen) atoms. The zero-order valence-electron chi connectivity index (χ0n) is 14.6. The van der Waals surface area contributed by atoms with E-state index in [2.05, 4.69) is 4.90 Å². The maximum Gasteiger partial charge on any atom is 0.416 e. The van der Waals surface area contributed by atoms with Gasteiger partial charge in [0.15, 0.2) is 0 Å². The molecule has 1 aromatic rings. The highest BCUT2D eigenvalue weighted by molar-refractivity contribution is 7.89. The third-order valence-electron chi connectivity index (χ3n) is 4.84. The van der Waals surface area contributed by atoms with E-state index in [9.17, 15) is 21.6 Å². The van der Waals surface area contributed by atoms with Gasteiger partial charge >= 0.3 is 6.18 Å². The smallest absolute Gasteiger partial charge is 0.302 e. The minimum Gasteiger partial charge on any atom is -0.302 e. The molecule has 0 N–H and O–H groups in total. The first-order valence-electron chi connectivity index (χ1n) is 8.46. The molecule has 0 spiro atoms. The van der Waals surface area contributed by atoms with Gasteiger partial charge in [0.1, 0.15) is 0 Å². The molecular weight excluding hydrogens is 353 g/mol. The van der Waals surface area contributed by atoms with E-state index in [1.54, 1.807) is 0 Å². The molecule has 0 bridgehead atoms. The van der Waals surface area contributed by atoms with Crippen LogP contribution in [-0.4, -0.2) is 50.8 Å². The van der Waals surface area contributed by atoms with Crippen LogP contribution in [0.25, 0.3) is 0 Å². The Labute approximate surface area is 147 Å². The quantitative estimate of drug-likeness (QED) is 0.760. The summed E-state index contributed by atoms with van der Waals surface area (Å²) in [6.07, 6.45) is 1.28. The molecule has 1 aromatic carbocycles. The Hall–Kier alpha value is -1.12. The molecule has 0 aromatic heterocycles. The highest BCUT2D eigenvalue weighted by atomic mass is 32.2. The molecule has 0 unspecified atom stereocenters. The Bertz CT molecular complexity index is 671. The number of likely N-dealkylation sites (N-methyl/N-ethyl adjacent to an activating group) is 2. The second-order valence-corrected chi connectivity index (χ2v) is 8.67. The van der Waals surface area contributed by atoms with E-state index in [4.69, 9.17) is 0 Å². The second-order valence-electron chi connectivity index (χ2n) is 6.62. The third kappa shape index (κ3) is 5.18. The average molecular weight is 378 g/mol. The summed E-state index contributed by atoms with van der Waals surface area (Å²) < 4.78 is 64.6. The topological polar surface area (TPSA) is 40.6 Å². The van der Waals surface area contributed by atoms with Gasteiger partial charge < -0.3 is 4.90 Å². The SMILES string of the molecule is CN(CCN(C)S(=O)(=O)c1cccc(C(F)(F)F)c1)C1CCCCC1. The van der Waals surface area contributed by atoms with Gasteiger partial charge in [-0.2, -0.15) is 17.5 Å². The fourth-order valence-electron chi connectivity index (χ4n) is 3.14. The van der Waals surface area contributed by atoms with Crippen molar-refractivity contribution in [1.29, 1.82) is 0 Å². The van der Waals surface area contributed by atoms with Crippen LogP contribution in [0.2, 0.25) is 0 Å². The lowest BCUT2D eigenvalue weighted by atomic mass is 9.94. The first kappa shape index (κ1) is 20.2. The minimum atomic E-state index is -4.56. The highest BCUT2D eigenvalue weighted by Crippen LogP contribution is 2.31. The lowest BCUT2D eigenvalue weighted by molar-refractivity contribution is -0.137. The van der Waals surface area contributed by atoms with Crippen LogP contribution in [0.15, 0.2) is 29.2 Å². The van der Waals surface area contributed by atoms with Gasteiger partial charge in [0.2, 0.25) is 10.0 Å². The van der Waals surface area contributed by atoms with Crippen molar-refractivity contribution in [2.45, 2.75) is 49.2 Å². The Morgan fingerprint density at radius 3 is 2.32 bits per heavy atom. The van der Waals surface area contributed by atoms with Gasteiger partial charge in [-0.05, 0) is 38.1 Å². The number of alkyl halides is 3. The predicted molar refractivity (Wildman–Crippen MR) is 90.8 cm³/mol. The van der Waals surface area contributed by atoms with Crippen LogP contribution < -0.4 is 0 Å². The first-order chi connectivity index (χ1) is 11.6. The summed E-state index contributed by atoms with van der Waals surface area (Å²) >= 11 is 0. The standard InChI is InChI=1S/C17H25F3N2O2S/c1-21(15-8-4-3-5-9-15)11-12-22(2)25(23,24)16-10-6-7-14(13-16)17(18,19)20/h6-7,10,13,15H,3-5,8-9,11-12H2,1-2H3. The summed E-state index contributed by atoms with van der Waals surface area (Å²) in [5.41, 5.74) is -0.957. The molecule has 0 saturated heterocycles. The van der Waals surface area contributed by atoms with E-state index in [0.29, 0.717) is 18.7 Å². The van der Waals surface area contributed by atoms with Crippen LogP contribution in [0.1, 0.15) is 37.7 Å². The molecule has 0 amide bonds. The Morgan fingerprint density at radius 2 is 1.72 bits per heavy atom. The maximum absolute atomic E-state index is 12.8. The summed E-state index contributed by atoms with van der Waals surface area (Å²) in [5, 5.41) is 0. The number of hydrogen-bond donors (Lipinski definition) is 0. The van der Waals surface area contributed by atoms with Crippen molar-refractivity contribution >= 4 is 10.0 Å². The average Bonchev–Trinajstić information content (AvgIpc) is 2.59. The number of nitrogens with zero attached hydrogens (tertiary/aromatic N) is 2. The predicted octanol–water partition coefficient (Wildman–Crippen LogP) is 3.59. The molecule has 2 rings (SSSR count). The van der Waals surface area contributed by atoms with E-state index in [-0.39, 0.29) is 11.4 Å². The van der Waals surface area contributed by atoms with Crippen molar-refractivity contribution in [3.8, 4) is 0 Å². The maximum atomic E-state index is 12.8. The zero-order chi connectivity index (χ0) is 18.7. The van der Waals surface area contributed by atoms with Gasteiger partial charge in [0.25, 0.3) is 0 Å². The molecule has 1 aliphatic rings. The Balaban J connectivity index is 2.03. The van der Waals surface area contributed by atoms with E-state index in [0.717, 1.165) is 29.3 Å². The summed E-state index contributed by atoms with van der Waals surface area (Å²) in [4.78, 5) is 1.82. The number of sulfonamides is 1. The van der Waals surface area contributed by atoms with Crippen molar-refractivity contribution in [1.82, 2.24) is 9.21 Å². The van der Waals surface area contributed by atoms with Crippen LogP contribution in [0.3, 0.4) is 0 Å². The Kier molecular flexibility index (Phi) is 6.51. The highest BCUT2D eigenvalue weighted by Gasteiger charge is 2.32. The molecule has 1 aliphatic carbocycles. The molecule has 142 valence electrons. The van der Waals surface area contributed by atoms with Crippen LogP contribution >= 0.6 is 0 Å². The molecule has 0 heterocycles. The second kappa shape index (κ2) is 8.05. The molecule has 8 heteroatoms. The van der Waals surface area contributed by atoms with Crippen molar-refractivity contribution in [2.75, 3.05) is 27.2 Å². The lowest BCUT2D eigenvalue weighted by Crippen LogP contribution is -2.40. The lowest BCUT2D eigenvalue weighted by Gasteiger charge is -2.32. The van der Waals surface area contributed by atoms with Crippen molar-refractivity contribution in [2.24, 2.45) is 0 Å². The van der Waals surface area contributed by atoms with Crippen LogP contribution in [0.5, 0.6) is 0 Å². The molecule has 0 aliphatic heterocycles. The van der Waals surface area contributed by atoms with Gasteiger partial charge in [0.05, 0.1) is 10.5 Å². The fraction of sp³-hybridized carbons (Fsp3) is 0.647. The summed E-state index contributed by atoms with van der Waals surface area (Å²) in [7, 11) is -0.561. The van der Waals surface area contributed by atoms with E-state index in [1.165, 1.54) is 32.4 Å². The molecule has 0 radical (unpaired) electrons. The molecule has 1 saturated carbocycles. The van der Waals surface area contributed by atoms with Crippen LogP contribution in [0, 0.1) is 0 Å². The number of benzene rings is 1. The number of halogens is 3. The van der Waals surface area contributed by atoms with Gasteiger partial charge in [0, 0.05) is 26.2 Å². The van der Waals surface area contributed by atoms with Crippen LogP contribution in [-0.2, 0) is 16.2 Å². The Morgan fingerprint density at radius 1 is 1.08 bits per heavy atom. The molecule has 0 atom stereocenters. The number of rotatable bonds is 6. The van der Waals surface area contributed by atoms with E-state index in [1.807, 2.05) is 7.05 Å². The summed E-state index contributed by atoms with van der Waals surface area (Å²) in [6, 6.07) is 4.34. The first-order valence-corrected chi connectivity index (χ1v) is 9.90. The summed E-state index contributed by atoms with van der Waals surface area (Å²) in [5.74, 6) is 0. The normalized spacial score (nSPS) is 17.4. The minimum absolute atomic E-state index is 0.242. The number of hydrogen-bond acceptors (Lipinski definition) is 3. The van der Waals surface area contributed by atoms with Crippen molar-refractivity contribution in [3.05, 3.63) is 29.8 Å². The van der Waals surface area contributed by atoms with Crippen molar-refractivity contribution in [3.63, 3.8) is 0 Å². The summed E-state index contributed by atoms with van der Waals surface area (Å²) in [6.45, 7) is 0.797. The largest absolute Gasteiger partial charge is 0.416 e. The van der Waals surface area contributed by atoms with Gasteiger partial charge in [-0.15, -0.1) is 0 Å². The monoisotopic (exact) mass is 378 g/mol. The van der Waals surface area contributed by atoms with Crippen LogP contribution in [0.4, 0.5) is 13.2 Å². The molecular formula is C17H25F3N2O2S. The fourth-order valence-corrected chi connectivity index (χ4v) is 4.34. The van der Waals surface area contributed by atoms with Gasteiger partial charge in [-0.3, -0.25) is 0 Å². The van der Waals surface area contributed by atoms with Gasteiger partial charge in [-0.25, -0.2) is 8.42 Å². The zero-order valence-corrected chi connectivity index (χ0v) is 15.4. The molecule has 4 nitrogen and oxygen atoms in total. The van der Waals surface area contributed by atoms with Crippen molar-refractivity contribution < 1.29 is 21.6 Å².